The number of amides is 3. The highest BCUT2D eigenvalue weighted by Crippen LogP contribution is 2.14. The Bertz CT molecular complexity index is 346. The van der Waals surface area contributed by atoms with Crippen molar-refractivity contribution in [1.82, 2.24) is 15.1 Å². The number of likely N-dealkylation sites (tertiary alicyclic amines) is 2. The molecule has 0 radical (unpaired) electrons. The molecule has 0 bridgehead atoms. The number of nitrogens with zero attached hydrogens (tertiary/aromatic N) is 2. The van der Waals surface area contributed by atoms with Gasteiger partial charge in [-0.05, 0) is 39.5 Å². The zero-order valence-electron chi connectivity index (χ0n) is 12.4. The van der Waals surface area contributed by atoms with Crippen molar-refractivity contribution in [2.45, 2.75) is 51.7 Å². The van der Waals surface area contributed by atoms with Gasteiger partial charge in [0.1, 0.15) is 0 Å². The standard InChI is InChI=1S/C14H25N3O3/c1-11(2)20-14(19)17-9-5-12(6-10-17)15-13(18)16-7-3-4-8-16/h11-12H,3-10H2,1-2H3,(H,15,18). The van der Waals surface area contributed by atoms with Gasteiger partial charge >= 0.3 is 12.1 Å². The lowest BCUT2D eigenvalue weighted by Crippen LogP contribution is -2.49. The molecule has 2 fully saturated rings. The summed E-state index contributed by atoms with van der Waals surface area (Å²) in [6, 6.07) is 0.219. The van der Waals surface area contributed by atoms with Crippen molar-refractivity contribution >= 4 is 12.1 Å². The van der Waals surface area contributed by atoms with E-state index in [1.165, 1.54) is 0 Å². The Morgan fingerprint density at radius 1 is 1.05 bits per heavy atom. The Labute approximate surface area is 120 Å². The van der Waals surface area contributed by atoms with E-state index in [1.807, 2.05) is 18.7 Å². The minimum absolute atomic E-state index is 0.0470. The molecule has 2 aliphatic heterocycles. The average molecular weight is 283 g/mol. The van der Waals surface area contributed by atoms with Crippen LogP contribution >= 0.6 is 0 Å². The van der Waals surface area contributed by atoms with Gasteiger partial charge in [-0.3, -0.25) is 0 Å². The van der Waals surface area contributed by atoms with Gasteiger partial charge in [0.25, 0.3) is 0 Å². The van der Waals surface area contributed by atoms with Crippen LogP contribution in [0.15, 0.2) is 0 Å². The Morgan fingerprint density at radius 3 is 2.20 bits per heavy atom. The van der Waals surface area contributed by atoms with Crippen LogP contribution in [0, 0.1) is 0 Å². The lowest BCUT2D eigenvalue weighted by Gasteiger charge is -2.33. The van der Waals surface area contributed by atoms with Gasteiger partial charge in [-0.15, -0.1) is 0 Å². The van der Waals surface area contributed by atoms with Crippen molar-refractivity contribution in [3.8, 4) is 0 Å². The third kappa shape index (κ3) is 4.02. The molecule has 0 aromatic carbocycles. The molecule has 114 valence electrons. The number of carbonyl (C=O) groups is 2. The van der Waals surface area contributed by atoms with E-state index in [2.05, 4.69) is 5.32 Å². The SMILES string of the molecule is CC(C)OC(=O)N1CCC(NC(=O)N2CCCC2)CC1. The number of rotatable bonds is 2. The molecule has 6 nitrogen and oxygen atoms in total. The Hall–Kier alpha value is -1.46. The van der Waals surface area contributed by atoms with Crippen LogP contribution in [0.2, 0.25) is 0 Å². The van der Waals surface area contributed by atoms with Crippen molar-refractivity contribution in [3.63, 3.8) is 0 Å². The highest BCUT2D eigenvalue weighted by Gasteiger charge is 2.27. The monoisotopic (exact) mass is 283 g/mol. The second-order valence-corrected chi connectivity index (χ2v) is 5.84. The number of urea groups is 1. The molecular weight excluding hydrogens is 258 g/mol. The summed E-state index contributed by atoms with van der Waals surface area (Å²) in [6.07, 6.45) is 3.47. The normalized spacial score (nSPS) is 20.4. The maximum Gasteiger partial charge on any atom is 0.410 e. The Kier molecular flexibility index (Phi) is 5.09. The number of hydrogen-bond donors (Lipinski definition) is 1. The highest BCUT2D eigenvalue weighted by molar-refractivity contribution is 5.74. The summed E-state index contributed by atoms with van der Waals surface area (Å²) in [4.78, 5) is 27.3. The summed E-state index contributed by atoms with van der Waals surface area (Å²) >= 11 is 0. The number of nitrogens with one attached hydrogen (secondary N) is 1. The molecule has 0 aliphatic carbocycles. The van der Waals surface area contributed by atoms with Crippen molar-refractivity contribution in [2.75, 3.05) is 26.2 Å². The van der Waals surface area contributed by atoms with Gasteiger partial charge in [-0.2, -0.15) is 0 Å². The second-order valence-electron chi connectivity index (χ2n) is 5.84. The first kappa shape index (κ1) is 14.9. The van der Waals surface area contributed by atoms with E-state index in [4.69, 9.17) is 4.74 Å². The molecule has 0 aromatic rings. The number of ether oxygens (including phenoxy) is 1. The van der Waals surface area contributed by atoms with Crippen LogP contribution in [0.3, 0.4) is 0 Å². The van der Waals surface area contributed by atoms with E-state index in [9.17, 15) is 9.59 Å². The number of carbonyl (C=O) groups excluding carboxylic acids is 2. The van der Waals surface area contributed by atoms with Gasteiger partial charge in [0, 0.05) is 32.2 Å². The van der Waals surface area contributed by atoms with Crippen LogP contribution in [-0.2, 0) is 4.74 Å². The van der Waals surface area contributed by atoms with E-state index >= 15 is 0 Å². The fraction of sp³-hybridized carbons (Fsp3) is 0.857. The first-order valence-corrected chi connectivity index (χ1v) is 7.57. The summed E-state index contributed by atoms with van der Waals surface area (Å²) in [6.45, 7) is 6.73. The molecule has 6 heteroatoms. The molecular formula is C14H25N3O3. The summed E-state index contributed by atoms with van der Waals surface area (Å²) in [5.41, 5.74) is 0. The molecule has 2 heterocycles. The summed E-state index contributed by atoms with van der Waals surface area (Å²) in [5, 5.41) is 3.07. The molecule has 0 atom stereocenters. The predicted molar refractivity (Wildman–Crippen MR) is 75.6 cm³/mol. The molecule has 1 N–H and O–H groups in total. The molecule has 2 rings (SSSR count). The fourth-order valence-corrected chi connectivity index (χ4v) is 2.67. The third-order valence-electron chi connectivity index (χ3n) is 3.81. The van der Waals surface area contributed by atoms with Crippen molar-refractivity contribution in [3.05, 3.63) is 0 Å². The predicted octanol–water partition coefficient (Wildman–Crippen LogP) is 1.80. The minimum atomic E-state index is -0.246. The Morgan fingerprint density at radius 2 is 1.65 bits per heavy atom. The third-order valence-corrected chi connectivity index (χ3v) is 3.81. The largest absolute Gasteiger partial charge is 0.447 e. The summed E-state index contributed by atoms with van der Waals surface area (Å²) in [5.74, 6) is 0. The minimum Gasteiger partial charge on any atom is -0.447 e. The van der Waals surface area contributed by atoms with E-state index in [1.54, 1.807) is 4.90 Å². The molecule has 0 aromatic heterocycles. The summed E-state index contributed by atoms with van der Waals surface area (Å²) in [7, 11) is 0. The van der Waals surface area contributed by atoms with Gasteiger partial charge in [0.05, 0.1) is 6.10 Å². The van der Waals surface area contributed by atoms with E-state index < -0.39 is 0 Å². The first-order valence-electron chi connectivity index (χ1n) is 7.57. The highest BCUT2D eigenvalue weighted by atomic mass is 16.6. The van der Waals surface area contributed by atoms with Crippen LogP contribution in [-0.4, -0.2) is 60.2 Å². The van der Waals surface area contributed by atoms with Crippen LogP contribution in [0.25, 0.3) is 0 Å². The van der Waals surface area contributed by atoms with Crippen molar-refractivity contribution < 1.29 is 14.3 Å². The molecule has 2 aliphatic rings. The van der Waals surface area contributed by atoms with Crippen LogP contribution < -0.4 is 5.32 Å². The lowest BCUT2D eigenvalue weighted by molar-refractivity contribution is 0.0681. The Balaban J connectivity index is 1.71. The number of hydrogen-bond acceptors (Lipinski definition) is 3. The second kappa shape index (κ2) is 6.81. The first-order chi connectivity index (χ1) is 9.56. The maximum atomic E-state index is 12.0. The topological polar surface area (TPSA) is 61.9 Å². The van der Waals surface area contributed by atoms with Gasteiger partial charge in [-0.25, -0.2) is 9.59 Å². The van der Waals surface area contributed by atoms with Gasteiger partial charge < -0.3 is 19.9 Å². The van der Waals surface area contributed by atoms with E-state index in [0.29, 0.717) is 13.1 Å². The van der Waals surface area contributed by atoms with E-state index in [0.717, 1.165) is 38.8 Å². The molecule has 0 saturated carbocycles. The van der Waals surface area contributed by atoms with Crippen LogP contribution in [0.1, 0.15) is 39.5 Å². The number of piperidine rings is 1. The molecule has 20 heavy (non-hydrogen) atoms. The quantitative estimate of drug-likeness (QED) is 0.840. The molecule has 0 spiro atoms. The summed E-state index contributed by atoms with van der Waals surface area (Å²) < 4.78 is 5.18. The average Bonchev–Trinajstić information content (AvgIpc) is 2.92. The van der Waals surface area contributed by atoms with E-state index in [-0.39, 0.29) is 24.3 Å². The van der Waals surface area contributed by atoms with Crippen molar-refractivity contribution in [2.24, 2.45) is 0 Å². The molecule has 2 saturated heterocycles. The zero-order chi connectivity index (χ0) is 14.5. The molecule has 0 unspecified atom stereocenters. The zero-order valence-corrected chi connectivity index (χ0v) is 12.4. The van der Waals surface area contributed by atoms with Crippen LogP contribution in [0.4, 0.5) is 9.59 Å². The van der Waals surface area contributed by atoms with Crippen molar-refractivity contribution in [1.29, 1.82) is 0 Å². The smallest absolute Gasteiger partial charge is 0.410 e. The van der Waals surface area contributed by atoms with Gasteiger partial charge in [0.2, 0.25) is 0 Å². The van der Waals surface area contributed by atoms with Gasteiger partial charge in [0.15, 0.2) is 0 Å². The maximum absolute atomic E-state index is 12.0. The fourth-order valence-electron chi connectivity index (χ4n) is 2.67. The van der Waals surface area contributed by atoms with Crippen LogP contribution in [0.5, 0.6) is 0 Å². The lowest BCUT2D eigenvalue weighted by atomic mass is 10.1. The molecule has 3 amide bonds. The van der Waals surface area contributed by atoms with Gasteiger partial charge in [-0.1, -0.05) is 0 Å².